The third kappa shape index (κ3) is 1.47. The molecule has 0 spiro atoms. The highest BCUT2D eigenvalue weighted by Crippen LogP contribution is 2.45. The lowest BCUT2D eigenvalue weighted by Gasteiger charge is -2.39. The van der Waals surface area contributed by atoms with Gasteiger partial charge in [0.1, 0.15) is 5.54 Å². The number of anilines is 1. The summed E-state index contributed by atoms with van der Waals surface area (Å²) in [5, 5.41) is 2.01. The van der Waals surface area contributed by atoms with Gasteiger partial charge in [0.25, 0.3) is 5.91 Å². The molecule has 0 saturated heterocycles. The molecule has 1 atom stereocenters. The number of carbonyl (C=O) groups excluding carboxylic acids is 2. The van der Waals surface area contributed by atoms with Crippen LogP contribution in [-0.4, -0.2) is 17.2 Å². The molecular weight excluding hydrogens is 298 g/mol. The first-order valence-corrected chi connectivity index (χ1v) is 8.10. The highest BCUT2D eigenvalue weighted by molar-refractivity contribution is 6.27. The van der Waals surface area contributed by atoms with E-state index in [9.17, 15) is 9.59 Å². The maximum atomic E-state index is 13.4. The molecule has 3 nitrogen and oxygen atoms in total. The van der Waals surface area contributed by atoms with E-state index >= 15 is 0 Å². The molecule has 1 amide bonds. The molecule has 3 aromatic rings. The molecular formula is C21H15NO2. The second-order valence-corrected chi connectivity index (χ2v) is 6.76. The van der Waals surface area contributed by atoms with Gasteiger partial charge in [-0.05, 0) is 35.4 Å². The highest BCUT2D eigenvalue weighted by Gasteiger charge is 2.53. The number of carbonyl (C=O) groups is 2. The summed E-state index contributed by atoms with van der Waals surface area (Å²) < 4.78 is 0. The fraction of sp³-hybridized carbons (Fsp3) is 0.143. The van der Waals surface area contributed by atoms with Gasteiger partial charge in [0.15, 0.2) is 5.78 Å². The van der Waals surface area contributed by atoms with Gasteiger partial charge in [0.2, 0.25) is 0 Å². The van der Waals surface area contributed by atoms with Crippen LogP contribution in [0.4, 0.5) is 5.69 Å². The SMILES string of the molecule is CC12Cc3ccc4ccccc4c3C(=O)N1c1ccccc1C2=O. The van der Waals surface area contributed by atoms with Crippen LogP contribution in [0.5, 0.6) is 0 Å². The second kappa shape index (κ2) is 4.32. The number of rotatable bonds is 0. The van der Waals surface area contributed by atoms with Gasteiger partial charge in [-0.25, -0.2) is 0 Å². The van der Waals surface area contributed by atoms with Crippen molar-refractivity contribution in [3.63, 3.8) is 0 Å². The Morgan fingerprint density at radius 1 is 0.917 bits per heavy atom. The summed E-state index contributed by atoms with van der Waals surface area (Å²) in [5.41, 5.74) is 2.24. The largest absolute Gasteiger partial charge is 0.294 e. The van der Waals surface area contributed by atoms with Crippen LogP contribution in [0.15, 0.2) is 60.7 Å². The molecule has 2 aliphatic rings. The predicted molar refractivity (Wildman–Crippen MR) is 93.6 cm³/mol. The zero-order chi connectivity index (χ0) is 16.5. The Balaban J connectivity index is 1.83. The Kier molecular flexibility index (Phi) is 2.43. The zero-order valence-electron chi connectivity index (χ0n) is 13.2. The molecule has 3 aromatic carbocycles. The van der Waals surface area contributed by atoms with E-state index in [1.54, 1.807) is 4.90 Å². The van der Waals surface area contributed by atoms with Gasteiger partial charge in [-0.1, -0.05) is 48.5 Å². The van der Waals surface area contributed by atoms with Crippen molar-refractivity contribution >= 4 is 28.2 Å². The first kappa shape index (κ1) is 13.5. The van der Waals surface area contributed by atoms with Gasteiger partial charge in [0, 0.05) is 12.0 Å². The van der Waals surface area contributed by atoms with Crippen LogP contribution in [-0.2, 0) is 6.42 Å². The van der Waals surface area contributed by atoms with Gasteiger partial charge >= 0.3 is 0 Å². The molecule has 3 heteroatoms. The Labute approximate surface area is 139 Å². The van der Waals surface area contributed by atoms with Crippen molar-refractivity contribution in [2.24, 2.45) is 0 Å². The second-order valence-electron chi connectivity index (χ2n) is 6.76. The zero-order valence-corrected chi connectivity index (χ0v) is 13.2. The van der Waals surface area contributed by atoms with Gasteiger partial charge < -0.3 is 0 Å². The van der Waals surface area contributed by atoms with Crippen LogP contribution in [0.2, 0.25) is 0 Å². The van der Waals surface area contributed by atoms with Crippen molar-refractivity contribution in [3.8, 4) is 0 Å². The van der Waals surface area contributed by atoms with Gasteiger partial charge in [-0.15, -0.1) is 0 Å². The standard InChI is InChI=1S/C21H15NO2/c1-21-12-14-11-10-13-6-2-3-7-15(13)18(14)20(24)22(21)17-9-5-4-8-16(17)19(21)23/h2-11H,12H2,1H3. The summed E-state index contributed by atoms with van der Waals surface area (Å²) in [5.74, 6) is -0.0425. The summed E-state index contributed by atoms with van der Waals surface area (Å²) in [7, 11) is 0. The maximum Gasteiger partial charge on any atom is 0.260 e. The van der Waals surface area contributed by atoms with E-state index in [4.69, 9.17) is 0 Å². The first-order chi connectivity index (χ1) is 11.6. The lowest BCUT2D eigenvalue weighted by Crippen LogP contribution is -2.55. The van der Waals surface area contributed by atoms with Crippen LogP contribution in [0.1, 0.15) is 33.2 Å². The van der Waals surface area contributed by atoms with Crippen LogP contribution in [0.3, 0.4) is 0 Å². The summed E-state index contributed by atoms with van der Waals surface area (Å²) in [6, 6.07) is 19.4. The van der Waals surface area contributed by atoms with E-state index in [1.165, 1.54) is 0 Å². The highest BCUT2D eigenvalue weighted by atomic mass is 16.2. The van der Waals surface area contributed by atoms with E-state index in [1.807, 2.05) is 67.6 Å². The van der Waals surface area contributed by atoms with Crippen molar-refractivity contribution in [2.75, 3.05) is 4.90 Å². The number of benzene rings is 3. The van der Waals surface area contributed by atoms with Gasteiger partial charge in [-0.3, -0.25) is 14.5 Å². The minimum absolute atomic E-state index is 0.0326. The summed E-state index contributed by atoms with van der Waals surface area (Å²) >= 11 is 0. The lowest BCUT2D eigenvalue weighted by molar-refractivity contribution is 0.0843. The van der Waals surface area contributed by atoms with E-state index in [2.05, 4.69) is 0 Å². The third-order valence-electron chi connectivity index (χ3n) is 5.34. The monoisotopic (exact) mass is 313 g/mol. The molecule has 0 bridgehead atoms. The first-order valence-electron chi connectivity index (χ1n) is 8.10. The fourth-order valence-electron chi connectivity index (χ4n) is 4.21. The van der Waals surface area contributed by atoms with Crippen molar-refractivity contribution < 1.29 is 9.59 Å². The third-order valence-corrected chi connectivity index (χ3v) is 5.34. The quantitative estimate of drug-likeness (QED) is 0.629. The van der Waals surface area contributed by atoms with Gasteiger partial charge in [0.05, 0.1) is 11.3 Å². The average molecular weight is 313 g/mol. The Hall–Kier alpha value is -2.94. The molecule has 0 fully saturated rings. The van der Waals surface area contributed by atoms with E-state index in [0.29, 0.717) is 12.0 Å². The Morgan fingerprint density at radius 2 is 1.67 bits per heavy atom. The molecule has 0 aliphatic carbocycles. The maximum absolute atomic E-state index is 13.4. The summed E-state index contributed by atoms with van der Waals surface area (Å²) in [6.07, 6.45) is 0.548. The van der Waals surface area contributed by atoms with Crippen molar-refractivity contribution in [1.82, 2.24) is 0 Å². The van der Waals surface area contributed by atoms with E-state index < -0.39 is 5.54 Å². The van der Waals surface area contributed by atoms with Crippen LogP contribution in [0.25, 0.3) is 10.8 Å². The van der Waals surface area contributed by atoms with E-state index in [0.717, 1.165) is 27.6 Å². The van der Waals surface area contributed by atoms with Crippen molar-refractivity contribution in [1.29, 1.82) is 0 Å². The summed E-state index contributed by atoms with van der Waals surface area (Å²) in [4.78, 5) is 28.1. The van der Waals surface area contributed by atoms with Crippen LogP contribution < -0.4 is 4.90 Å². The smallest absolute Gasteiger partial charge is 0.260 e. The number of hydrogen-bond acceptors (Lipinski definition) is 2. The topological polar surface area (TPSA) is 37.4 Å². The number of fused-ring (bicyclic) bond motifs is 6. The average Bonchev–Trinajstić information content (AvgIpc) is 2.83. The molecule has 1 unspecified atom stereocenters. The molecule has 5 rings (SSSR count). The minimum Gasteiger partial charge on any atom is -0.294 e. The van der Waals surface area contributed by atoms with Crippen LogP contribution in [0, 0.1) is 0 Å². The van der Waals surface area contributed by atoms with E-state index in [-0.39, 0.29) is 11.7 Å². The number of amides is 1. The fourth-order valence-corrected chi connectivity index (χ4v) is 4.21. The Bertz CT molecular complexity index is 1050. The molecule has 116 valence electrons. The predicted octanol–water partition coefficient (Wildman–Crippen LogP) is 4.00. The molecule has 24 heavy (non-hydrogen) atoms. The molecule has 0 radical (unpaired) electrons. The van der Waals surface area contributed by atoms with Crippen molar-refractivity contribution in [3.05, 3.63) is 77.4 Å². The molecule has 0 aromatic heterocycles. The van der Waals surface area contributed by atoms with Crippen molar-refractivity contribution in [2.45, 2.75) is 18.9 Å². The molecule has 0 saturated carbocycles. The lowest BCUT2D eigenvalue weighted by atomic mass is 9.81. The normalized spacial score (nSPS) is 21.6. The summed E-state index contributed by atoms with van der Waals surface area (Å²) in [6.45, 7) is 1.88. The Morgan fingerprint density at radius 3 is 2.54 bits per heavy atom. The molecule has 2 heterocycles. The van der Waals surface area contributed by atoms with Gasteiger partial charge in [-0.2, -0.15) is 0 Å². The minimum atomic E-state index is -0.823. The number of hydrogen-bond donors (Lipinski definition) is 0. The number of ketones is 1. The number of Topliss-reactive ketones (excluding diaryl/α,β-unsaturated/α-hetero) is 1. The molecule has 2 aliphatic heterocycles. The number of para-hydroxylation sites is 1. The number of nitrogens with zero attached hydrogens (tertiary/aromatic N) is 1. The molecule has 0 N–H and O–H groups in total. The van der Waals surface area contributed by atoms with Crippen LogP contribution >= 0.6 is 0 Å².